The first-order valence-electron chi connectivity index (χ1n) is 21.1. The first kappa shape index (κ1) is 52.4. The molecule has 0 aliphatic heterocycles. The summed E-state index contributed by atoms with van der Waals surface area (Å²) in [6.07, 6.45) is 41.9. The standard InChI is InChI=1S/C42H80NO4.CH4O3S/c1-7-9-11-13-15-17-19-21-23-25-27-29-31-33-35-37-40(44)46-39(3)42(43(4,5)6)47-41(45)38-36-34-32-30-28-26-24-22-20-18-16-14-12-10-8-2;1-5(2,3)4/h21-24,39,42H,7-20,25-38H2,1-6H3;1H3,(H,2,3,4)/q+1;/p-1/b23-21-,24-22-;. The summed E-state index contributed by atoms with van der Waals surface area (Å²) in [4.78, 5) is 25.2. The molecule has 0 amide bonds. The van der Waals surface area contributed by atoms with Gasteiger partial charge in [-0.25, -0.2) is 8.42 Å². The van der Waals surface area contributed by atoms with Crippen molar-refractivity contribution in [3.8, 4) is 0 Å². The van der Waals surface area contributed by atoms with Gasteiger partial charge in [-0.1, -0.05) is 141 Å². The lowest BCUT2D eigenvalue weighted by Crippen LogP contribution is -2.54. The van der Waals surface area contributed by atoms with Crippen molar-refractivity contribution in [2.45, 2.75) is 213 Å². The minimum atomic E-state index is -3.92. The van der Waals surface area contributed by atoms with Gasteiger partial charge in [0.05, 0.1) is 31.3 Å². The van der Waals surface area contributed by atoms with Crippen LogP contribution in [-0.4, -0.2) is 69.1 Å². The van der Waals surface area contributed by atoms with Crippen molar-refractivity contribution in [1.29, 1.82) is 0 Å². The Balaban J connectivity index is 0. The van der Waals surface area contributed by atoms with Gasteiger partial charge in [-0.05, 0) is 71.1 Å². The van der Waals surface area contributed by atoms with E-state index in [1.807, 2.05) is 28.1 Å². The Morgan fingerprint density at radius 2 is 0.808 bits per heavy atom. The monoisotopic (exact) mass is 758 g/mol. The molecule has 9 heteroatoms. The van der Waals surface area contributed by atoms with Gasteiger partial charge in [-0.15, -0.1) is 0 Å². The van der Waals surface area contributed by atoms with E-state index in [0.717, 1.165) is 51.4 Å². The van der Waals surface area contributed by atoms with Crippen molar-refractivity contribution in [2.75, 3.05) is 27.4 Å². The van der Waals surface area contributed by atoms with E-state index in [2.05, 4.69) is 38.2 Å². The number of likely N-dealkylation sites (N-methyl/N-ethyl adjacent to an activating group) is 1. The molecule has 0 saturated heterocycles. The van der Waals surface area contributed by atoms with Crippen molar-refractivity contribution < 1.29 is 36.5 Å². The third-order valence-electron chi connectivity index (χ3n) is 9.02. The van der Waals surface area contributed by atoms with Crippen molar-refractivity contribution in [3.63, 3.8) is 0 Å². The Bertz CT molecular complexity index is 980. The number of hydrogen-bond donors (Lipinski definition) is 0. The van der Waals surface area contributed by atoms with E-state index in [1.165, 1.54) is 116 Å². The van der Waals surface area contributed by atoms with Crippen LogP contribution in [0.3, 0.4) is 0 Å². The van der Waals surface area contributed by atoms with Crippen LogP contribution in [0.5, 0.6) is 0 Å². The van der Waals surface area contributed by atoms with Crippen LogP contribution in [0.15, 0.2) is 24.3 Å². The fourth-order valence-electron chi connectivity index (χ4n) is 6.08. The zero-order chi connectivity index (χ0) is 39.4. The number of rotatable bonds is 34. The molecule has 8 nitrogen and oxygen atoms in total. The molecule has 2 atom stereocenters. The minimum absolute atomic E-state index is 0.193. The van der Waals surface area contributed by atoms with Gasteiger partial charge in [0.15, 0.2) is 6.10 Å². The molecule has 0 bridgehead atoms. The van der Waals surface area contributed by atoms with Crippen LogP contribution in [-0.2, 0) is 29.2 Å². The maximum Gasteiger partial charge on any atom is 0.310 e. The topological polar surface area (TPSA) is 110 Å². The van der Waals surface area contributed by atoms with Gasteiger partial charge < -0.3 is 14.0 Å². The molecule has 2 unspecified atom stereocenters. The third-order valence-corrected chi connectivity index (χ3v) is 9.02. The summed E-state index contributed by atoms with van der Waals surface area (Å²) in [5.74, 6) is -0.386. The summed E-state index contributed by atoms with van der Waals surface area (Å²) >= 11 is 0. The van der Waals surface area contributed by atoms with Gasteiger partial charge in [0.2, 0.25) is 0 Å². The SMILES string of the molecule is CCCCCCCC/C=C\CCCCCCCC(=O)OC(C)C(OC(=O)CCCCCCC/C=C\CCCCCCCC)[N+](C)(C)C.CS(=O)(=O)[O-]. The highest BCUT2D eigenvalue weighted by molar-refractivity contribution is 7.84. The number of carbonyl (C=O) groups excluding carboxylic acids is 2. The fourth-order valence-corrected chi connectivity index (χ4v) is 6.08. The van der Waals surface area contributed by atoms with E-state index in [1.54, 1.807) is 0 Å². The molecule has 308 valence electrons. The molecule has 0 saturated carbocycles. The van der Waals surface area contributed by atoms with Crippen LogP contribution < -0.4 is 0 Å². The van der Waals surface area contributed by atoms with Crippen molar-refractivity contribution in [3.05, 3.63) is 24.3 Å². The molecule has 0 aromatic carbocycles. The zero-order valence-corrected chi connectivity index (χ0v) is 35.8. The Morgan fingerprint density at radius 1 is 0.538 bits per heavy atom. The van der Waals surface area contributed by atoms with Crippen molar-refractivity contribution in [2.24, 2.45) is 0 Å². The lowest BCUT2D eigenvalue weighted by Gasteiger charge is -2.36. The van der Waals surface area contributed by atoms with E-state index in [-0.39, 0.29) is 11.9 Å². The number of esters is 2. The molecule has 0 rings (SSSR count). The predicted molar refractivity (Wildman–Crippen MR) is 218 cm³/mol. The second-order valence-corrected chi connectivity index (χ2v) is 17.0. The number of nitrogens with zero attached hydrogens (tertiary/aromatic N) is 1. The molecule has 0 N–H and O–H groups in total. The normalized spacial score (nSPS) is 13.2. The molecule has 0 aromatic heterocycles. The van der Waals surface area contributed by atoms with Crippen LogP contribution >= 0.6 is 0 Å². The van der Waals surface area contributed by atoms with Gasteiger partial charge in [0, 0.05) is 19.1 Å². The molecule has 0 aliphatic carbocycles. The van der Waals surface area contributed by atoms with Crippen molar-refractivity contribution in [1.82, 2.24) is 0 Å². The zero-order valence-electron chi connectivity index (χ0n) is 35.0. The molecular formula is C43H83NO7S. The van der Waals surface area contributed by atoms with Crippen LogP contribution in [0.4, 0.5) is 0 Å². The summed E-state index contributed by atoms with van der Waals surface area (Å²) in [5.41, 5.74) is 0. The number of quaternary nitrogens is 1. The summed E-state index contributed by atoms with van der Waals surface area (Å²) < 4.78 is 39.2. The first-order chi connectivity index (χ1) is 24.7. The smallest absolute Gasteiger partial charge is 0.310 e. The van der Waals surface area contributed by atoms with Crippen LogP contribution in [0.2, 0.25) is 0 Å². The molecule has 52 heavy (non-hydrogen) atoms. The van der Waals surface area contributed by atoms with E-state index in [0.29, 0.717) is 23.6 Å². The number of unbranched alkanes of at least 4 members (excludes halogenated alkanes) is 22. The summed E-state index contributed by atoms with van der Waals surface area (Å²) in [6.45, 7) is 6.38. The predicted octanol–water partition coefficient (Wildman–Crippen LogP) is 11.7. The van der Waals surface area contributed by atoms with Crippen LogP contribution in [0.25, 0.3) is 0 Å². The summed E-state index contributed by atoms with van der Waals surface area (Å²) in [6, 6.07) is 0. The average molecular weight is 758 g/mol. The second kappa shape index (κ2) is 36.3. The molecular weight excluding hydrogens is 675 g/mol. The molecule has 0 aromatic rings. The third kappa shape index (κ3) is 42.7. The van der Waals surface area contributed by atoms with Gasteiger partial charge in [-0.2, -0.15) is 0 Å². The Labute approximate surface area is 322 Å². The van der Waals surface area contributed by atoms with Crippen molar-refractivity contribution >= 4 is 22.1 Å². The van der Waals surface area contributed by atoms with Gasteiger partial charge >= 0.3 is 11.9 Å². The fraction of sp³-hybridized carbons (Fsp3) is 0.860. The lowest BCUT2D eigenvalue weighted by molar-refractivity contribution is -0.920. The lowest BCUT2D eigenvalue weighted by atomic mass is 10.1. The van der Waals surface area contributed by atoms with E-state index >= 15 is 0 Å². The molecule has 0 radical (unpaired) electrons. The number of hydrogen-bond acceptors (Lipinski definition) is 7. The van der Waals surface area contributed by atoms with E-state index in [4.69, 9.17) is 22.4 Å². The summed E-state index contributed by atoms with van der Waals surface area (Å²) in [7, 11) is 2.02. The molecule has 0 spiro atoms. The van der Waals surface area contributed by atoms with E-state index in [9.17, 15) is 9.59 Å². The van der Waals surface area contributed by atoms with Crippen LogP contribution in [0, 0.1) is 0 Å². The highest BCUT2D eigenvalue weighted by Crippen LogP contribution is 2.18. The molecule has 0 aliphatic rings. The number of carbonyl (C=O) groups is 2. The second-order valence-electron chi connectivity index (χ2n) is 15.6. The maximum atomic E-state index is 12.7. The van der Waals surface area contributed by atoms with Gasteiger partial charge in [0.25, 0.3) is 6.23 Å². The number of ether oxygens (including phenoxy) is 2. The largest absolute Gasteiger partial charge is 0.748 e. The van der Waals surface area contributed by atoms with E-state index < -0.39 is 22.4 Å². The first-order valence-corrected chi connectivity index (χ1v) is 22.9. The van der Waals surface area contributed by atoms with Gasteiger partial charge in [-0.3, -0.25) is 14.1 Å². The highest BCUT2D eigenvalue weighted by atomic mass is 32.2. The minimum Gasteiger partial charge on any atom is -0.748 e. The number of allylic oxidation sites excluding steroid dienone is 4. The van der Waals surface area contributed by atoms with Gasteiger partial charge in [0.1, 0.15) is 0 Å². The average Bonchev–Trinajstić information content (AvgIpc) is 3.05. The van der Waals surface area contributed by atoms with Crippen LogP contribution in [0.1, 0.15) is 201 Å². The summed E-state index contributed by atoms with van der Waals surface area (Å²) in [5, 5.41) is 0. The molecule has 0 heterocycles. The Morgan fingerprint density at radius 3 is 1.12 bits per heavy atom. The molecule has 0 fully saturated rings. The maximum absolute atomic E-state index is 12.7. The quantitative estimate of drug-likeness (QED) is 0.0160. The highest BCUT2D eigenvalue weighted by Gasteiger charge is 2.36. The Kier molecular flexibility index (Phi) is 36.6. The Hall–Kier alpha value is -1.71.